The van der Waals surface area contributed by atoms with Gasteiger partial charge in [0, 0.05) is 23.7 Å². The van der Waals surface area contributed by atoms with Gasteiger partial charge in [-0.3, -0.25) is 0 Å². The van der Waals surface area contributed by atoms with E-state index in [-0.39, 0.29) is 22.9 Å². The molecule has 8 heteroatoms. The highest BCUT2D eigenvalue weighted by Gasteiger charge is 2.37. The van der Waals surface area contributed by atoms with Crippen LogP contribution in [0, 0.1) is 13.8 Å². The number of phenols is 1. The Labute approximate surface area is 156 Å². The number of nitrogens with zero attached hydrogens (tertiary/aromatic N) is 3. The number of piperidine rings is 1. The summed E-state index contributed by atoms with van der Waals surface area (Å²) < 4.78 is 40.7. The van der Waals surface area contributed by atoms with Crippen LogP contribution >= 0.6 is 0 Å². The van der Waals surface area contributed by atoms with E-state index in [9.17, 15) is 18.3 Å². The number of likely N-dealkylation sites (N-methyl/N-ethyl adjacent to an activating group) is 1. The zero-order valence-electron chi connectivity index (χ0n) is 15.6. The summed E-state index contributed by atoms with van der Waals surface area (Å²) in [6, 6.07) is 4.46. The number of benzene rings is 1. The molecule has 5 nitrogen and oxygen atoms in total. The lowest BCUT2D eigenvalue weighted by atomic mass is 9.96. The normalized spacial score (nSPS) is 18.5. The first-order chi connectivity index (χ1) is 12.7. The number of nitrogens with one attached hydrogen (secondary N) is 1. The van der Waals surface area contributed by atoms with Crippen molar-refractivity contribution in [3.63, 3.8) is 0 Å². The molecule has 0 saturated carbocycles. The molecule has 1 aromatic heterocycles. The number of likely N-dealkylation sites (tertiary alicyclic amines) is 1. The van der Waals surface area contributed by atoms with E-state index in [1.807, 2.05) is 0 Å². The highest BCUT2D eigenvalue weighted by atomic mass is 19.4. The first kappa shape index (κ1) is 19.4. The first-order valence-corrected chi connectivity index (χ1v) is 8.86. The number of aromatic hydroxyl groups is 1. The fourth-order valence-corrected chi connectivity index (χ4v) is 3.58. The molecule has 2 aromatic rings. The summed E-state index contributed by atoms with van der Waals surface area (Å²) in [5.74, 6) is 0.164. The molecule has 0 amide bonds. The van der Waals surface area contributed by atoms with Crippen LogP contribution in [0.3, 0.4) is 0 Å². The maximum absolute atomic E-state index is 13.6. The van der Waals surface area contributed by atoms with E-state index >= 15 is 0 Å². The third kappa shape index (κ3) is 4.16. The van der Waals surface area contributed by atoms with Gasteiger partial charge >= 0.3 is 6.18 Å². The lowest BCUT2D eigenvalue weighted by Crippen LogP contribution is -2.39. The molecule has 2 heterocycles. The van der Waals surface area contributed by atoms with Gasteiger partial charge in [0.15, 0.2) is 0 Å². The maximum atomic E-state index is 13.6. The van der Waals surface area contributed by atoms with E-state index in [1.54, 1.807) is 13.0 Å². The fraction of sp³-hybridized carbons (Fsp3) is 0.474. The van der Waals surface area contributed by atoms with Crippen LogP contribution in [0.2, 0.25) is 0 Å². The Kier molecular flexibility index (Phi) is 5.28. The van der Waals surface area contributed by atoms with Crippen molar-refractivity contribution in [3.8, 4) is 17.0 Å². The number of hydrogen-bond donors (Lipinski definition) is 2. The van der Waals surface area contributed by atoms with Gasteiger partial charge in [0.05, 0.1) is 11.3 Å². The topological polar surface area (TPSA) is 61.3 Å². The molecule has 1 atom stereocenters. The zero-order valence-corrected chi connectivity index (χ0v) is 15.6. The molecular formula is C19H23F3N4O. The van der Waals surface area contributed by atoms with E-state index in [1.165, 1.54) is 19.1 Å². The van der Waals surface area contributed by atoms with Crippen LogP contribution in [0.5, 0.6) is 5.75 Å². The lowest BCUT2D eigenvalue weighted by molar-refractivity contribution is -0.137. The summed E-state index contributed by atoms with van der Waals surface area (Å²) >= 11 is 0. The Bertz CT molecular complexity index is 838. The highest BCUT2D eigenvalue weighted by molar-refractivity contribution is 5.71. The second-order valence-electron chi connectivity index (χ2n) is 7.14. The Balaban J connectivity index is 1.94. The smallest absolute Gasteiger partial charge is 0.417 e. The van der Waals surface area contributed by atoms with Gasteiger partial charge < -0.3 is 15.3 Å². The van der Waals surface area contributed by atoms with Crippen molar-refractivity contribution in [3.05, 3.63) is 34.9 Å². The summed E-state index contributed by atoms with van der Waals surface area (Å²) in [7, 11) is 2.06. The van der Waals surface area contributed by atoms with Crippen LogP contribution in [0.15, 0.2) is 18.2 Å². The SMILES string of the molecule is Cc1cc(N[C@@H]2CCCN(C)C2)nnc1-c1ccc(O)c(C)c1C(F)(F)F. The number of aromatic nitrogens is 2. The number of hydrogen-bond acceptors (Lipinski definition) is 5. The third-order valence-corrected chi connectivity index (χ3v) is 4.94. The van der Waals surface area contributed by atoms with Gasteiger partial charge in [0.2, 0.25) is 0 Å². The Morgan fingerprint density at radius 3 is 2.59 bits per heavy atom. The van der Waals surface area contributed by atoms with Gasteiger partial charge in [-0.25, -0.2) is 0 Å². The molecule has 0 spiro atoms. The third-order valence-electron chi connectivity index (χ3n) is 4.94. The average Bonchev–Trinajstić information content (AvgIpc) is 2.56. The maximum Gasteiger partial charge on any atom is 0.417 e. The molecule has 0 aliphatic carbocycles. The molecule has 1 aliphatic heterocycles. The fourth-order valence-electron chi connectivity index (χ4n) is 3.58. The predicted octanol–water partition coefficient (Wildman–Crippen LogP) is 3.99. The van der Waals surface area contributed by atoms with E-state index < -0.39 is 17.5 Å². The minimum atomic E-state index is -4.60. The Morgan fingerprint density at radius 1 is 1.22 bits per heavy atom. The molecule has 1 aromatic carbocycles. The molecule has 3 rings (SSSR count). The number of aryl methyl sites for hydroxylation is 1. The van der Waals surface area contributed by atoms with Gasteiger partial charge in [0.25, 0.3) is 0 Å². The van der Waals surface area contributed by atoms with Gasteiger partial charge in [-0.2, -0.15) is 13.2 Å². The number of halogens is 3. The molecule has 0 radical (unpaired) electrons. The summed E-state index contributed by atoms with van der Waals surface area (Å²) in [4.78, 5) is 2.23. The monoisotopic (exact) mass is 380 g/mol. The van der Waals surface area contributed by atoms with Crippen molar-refractivity contribution in [2.45, 2.75) is 38.9 Å². The van der Waals surface area contributed by atoms with Crippen LogP contribution in [0.4, 0.5) is 19.0 Å². The largest absolute Gasteiger partial charge is 0.508 e. The number of anilines is 1. The van der Waals surface area contributed by atoms with Gasteiger partial charge in [-0.05, 0) is 64.0 Å². The molecule has 2 N–H and O–H groups in total. The van der Waals surface area contributed by atoms with Gasteiger partial charge in [0.1, 0.15) is 11.6 Å². The van der Waals surface area contributed by atoms with Gasteiger partial charge in [-0.1, -0.05) is 0 Å². The Morgan fingerprint density at radius 2 is 1.96 bits per heavy atom. The molecule has 146 valence electrons. The van der Waals surface area contributed by atoms with Gasteiger partial charge in [-0.15, -0.1) is 10.2 Å². The van der Waals surface area contributed by atoms with Crippen molar-refractivity contribution >= 4 is 5.82 Å². The molecule has 27 heavy (non-hydrogen) atoms. The van der Waals surface area contributed by atoms with Crippen molar-refractivity contribution in [2.75, 3.05) is 25.5 Å². The van der Waals surface area contributed by atoms with E-state index in [0.717, 1.165) is 25.9 Å². The summed E-state index contributed by atoms with van der Waals surface area (Å²) in [5.41, 5.74) is -0.418. The number of phenolic OH excluding ortho intramolecular Hbond substituents is 1. The average molecular weight is 380 g/mol. The molecule has 0 unspecified atom stereocenters. The molecule has 1 fully saturated rings. The zero-order chi connectivity index (χ0) is 19.8. The van der Waals surface area contributed by atoms with Crippen LogP contribution in [0.1, 0.15) is 29.5 Å². The van der Waals surface area contributed by atoms with E-state index in [2.05, 4.69) is 27.5 Å². The highest BCUT2D eigenvalue weighted by Crippen LogP contribution is 2.42. The standard InChI is InChI=1S/C19H23F3N4O/c1-11-9-16(23-13-5-4-8-26(3)10-13)24-25-18(11)14-6-7-15(27)12(2)17(14)19(20,21)22/h6-7,9,13,27H,4-5,8,10H2,1-3H3,(H,23,24)/t13-/m1/s1. The predicted molar refractivity (Wildman–Crippen MR) is 97.8 cm³/mol. The van der Waals surface area contributed by atoms with Crippen molar-refractivity contribution in [1.82, 2.24) is 15.1 Å². The minimum Gasteiger partial charge on any atom is -0.508 e. The van der Waals surface area contributed by atoms with Crippen LogP contribution in [-0.2, 0) is 6.18 Å². The second kappa shape index (κ2) is 7.34. The quantitative estimate of drug-likeness (QED) is 0.843. The van der Waals surface area contributed by atoms with Crippen LogP contribution in [0.25, 0.3) is 11.3 Å². The molecule has 0 bridgehead atoms. The van der Waals surface area contributed by atoms with E-state index in [4.69, 9.17) is 0 Å². The number of alkyl halides is 3. The summed E-state index contributed by atoms with van der Waals surface area (Å²) in [6.07, 6.45) is -2.50. The van der Waals surface area contributed by atoms with Crippen molar-refractivity contribution in [2.24, 2.45) is 0 Å². The minimum absolute atomic E-state index is 0.0771. The first-order valence-electron chi connectivity index (χ1n) is 8.86. The summed E-state index contributed by atoms with van der Waals surface area (Å²) in [5, 5.41) is 21.2. The van der Waals surface area contributed by atoms with Crippen molar-refractivity contribution < 1.29 is 18.3 Å². The molecular weight excluding hydrogens is 357 g/mol. The van der Waals surface area contributed by atoms with Crippen LogP contribution in [-0.4, -0.2) is 46.4 Å². The summed E-state index contributed by atoms with van der Waals surface area (Å²) in [6.45, 7) is 4.91. The Hall–Kier alpha value is -2.35. The lowest BCUT2D eigenvalue weighted by Gasteiger charge is -2.30. The second-order valence-corrected chi connectivity index (χ2v) is 7.14. The number of rotatable bonds is 3. The molecule has 1 aliphatic rings. The van der Waals surface area contributed by atoms with Crippen molar-refractivity contribution in [1.29, 1.82) is 0 Å². The van der Waals surface area contributed by atoms with Crippen LogP contribution < -0.4 is 5.32 Å². The molecule has 1 saturated heterocycles. The van der Waals surface area contributed by atoms with E-state index in [0.29, 0.717) is 11.4 Å².